The fraction of sp³-hybridized carbons (Fsp3) is 0.391. The second-order valence-electron chi connectivity index (χ2n) is 7.36. The molecule has 1 heterocycles. The zero-order valence-electron chi connectivity index (χ0n) is 17.5. The number of aliphatic hydroxyl groups is 1. The Bertz CT molecular complexity index is 1040. The Morgan fingerprint density at radius 2 is 1.83 bits per heavy atom. The first-order valence-electron chi connectivity index (χ1n) is 10.4. The molecule has 0 unspecified atom stereocenters. The summed E-state index contributed by atoms with van der Waals surface area (Å²) in [6.45, 7) is 8.72. The first-order valence-corrected chi connectivity index (χ1v) is 10.4. The number of ketones is 1. The summed E-state index contributed by atoms with van der Waals surface area (Å²) < 4.78 is 1.80. The smallest absolute Gasteiger partial charge is 0.196 e. The highest BCUT2D eigenvalue weighted by atomic mass is 35.5. The summed E-state index contributed by atoms with van der Waals surface area (Å²) in [5.41, 5.74) is 4.83. The van der Waals surface area contributed by atoms with E-state index < -0.39 is 0 Å². The number of carbonyl (C=O) groups excluding carboxylic acids is 1. The van der Waals surface area contributed by atoms with Crippen LogP contribution in [0.3, 0.4) is 0 Å². The van der Waals surface area contributed by atoms with Crippen molar-refractivity contribution in [2.45, 2.75) is 26.8 Å². The summed E-state index contributed by atoms with van der Waals surface area (Å²) in [7, 11) is 0. The molecule has 2 aromatic carbocycles. The third kappa shape index (κ3) is 3.83. The number of hydrogen-bond acceptors (Lipinski definition) is 5. The minimum Gasteiger partial charge on any atom is -0.394 e. The molecule has 0 bridgehead atoms. The van der Waals surface area contributed by atoms with Crippen LogP contribution in [0.5, 0.6) is 0 Å². The van der Waals surface area contributed by atoms with Crippen molar-refractivity contribution in [2.24, 2.45) is 0 Å². The van der Waals surface area contributed by atoms with E-state index >= 15 is 0 Å². The minimum atomic E-state index is 0. The summed E-state index contributed by atoms with van der Waals surface area (Å²) >= 11 is 0. The Hall–Kier alpha value is -2.41. The van der Waals surface area contributed by atoms with Gasteiger partial charge in [-0.25, -0.2) is 0 Å². The molecule has 1 aliphatic rings. The van der Waals surface area contributed by atoms with Crippen molar-refractivity contribution in [1.29, 1.82) is 0 Å². The third-order valence-corrected chi connectivity index (χ3v) is 5.75. The number of nitrogens with zero attached hydrogens (tertiary/aromatic N) is 3. The van der Waals surface area contributed by atoms with Crippen LogP contribution in [0.4, 0.5) is 5.69 Å². The van der Waals surface area contributed by atoms with Gasteiger partial charge in [-0.1, -0.05) is 38.1 Å². The number of carbonyl (C=O) groups is 1. The van der Waals surface area contributed by atoms with E-state index in [2.05, 4.69) is 24.1 Å². The van der Waals surface area contributed by atoms with Crippen LogP contribution >= 0.6 is 12.4 Å². The third-order valence-electron chi connectivity index (χ3n) is 5.75. The summed E-state index contributed by atoms with van der Waals surface area (Å²) in [5, 5.41) is 18.5. The fourth-order valence-corrected chi connectivity index (χ4v) is 4.20. The number of benzene rings is 2. The van der Waals surface area contributed by atoms with Crippen molar-refractivity contribution >= 4 is 34.8 Å². The summed E-state index contributed by atoms with van der Waals surface area (Å²) in [6.07, 6.45) is 1.01. The second kappa shape index (κ2) is 9.60. The van der Waals surface area contributed by atoms with Crippen LogP contribution in [0.1, 0.15) is 36.2 Å². The molecule has 0 spiro atoms. The number of hydrogen-bond donors (Lipinski definition) is 2. The van der Waals surface area contributed by atoms with Gasteiger partial charge in [0.2, 0.25) is 0 Å². The van der Waals surface area contributed by atoms with E-state index in [4.69, 9.17) is 5.10 Å². The van der Waals surface area contributed by atoms with Gasteiger partial charge in [-0.15, -0.1) is 12.4 Å². The largest absolute Gasteiger partial charge is 0.394 e. The number of nitrogens with one attached hydrogen (secondary N) is 1. The van der Waals surface area contributed by atoms with Crippen LogP contribution in [0.15, 0.2) is 36.4 Å². The molecule has 160 valence electrons. The van der Waals surface area contributed by atoms with Crippen molar-refractivity contribution in [2.75, 3.05) is 38.1 Å². The molecule has 0 saturated carbocycles. The van der Waals surface area contributed by atoms with Gasteiger partial charge in [0.1, 0.15) is 5.69 Å². The van der Waals surface area contributed by atoms with Gasteiger partial charge in [-0.2, -0.15) is 5.10 Å². The topological polar surface area (TPSA) is 70.4 Å². The zero-order valence-corrected chi connectivity index (χ0v) is 18.3. The Labute approximate surface area is 183 Å². The van der Waals surface area contributed by atoms with Gasteiger partial charge >= 0.3 is 0 Å². The maximum Gasteiger partial charge on any atom is 0.196 e. The maximum absolute atomic E-state index is 13.4. The van der Waals surface area contributed by atoms with Crippen LogP contribution in [-0.4, -0.2) is 58.4 Å². The minimum absolute atomic E-state index is 0. The predicted octanol–water partition coefficient (Wildman–Crippen LogP) is 3.81. The number of rotatable bonds is 9. The molecule has 1 aromatic heterocycles. The van der Waals surface area contributed by atoms with Crippen molar-refractivity contribution < 1.29 is 9.90 Å². The van der Waals surface area contributed by atoms with Gasteiger partial charge in [0, 0.05) is 28.7 Å². The van der Waals surface area contributed by atoms with E-state index in [1.807, 2.05) is 36.4 Å². The summed E-state index contributed by atoms with van der Waals surface area (Å²) in [6, 6.07) is 11.6. The summed E-state index contributed by atoms with van der Waals surface area (Å²) in [5.74, 6) is 0.0356. The van der Waals surface area contributed by atoms with E-state index in [1.165, 1.54) is 0 Å². The fourth-order valence-electron chi connectivity index (χ4n) is 4.20. The lowest BCUT2D eigenvalue weighted by molar-refractivity contribution is 0.104. The Kier molecular flexibility index (Phi) is 7.13. The average Bonchev–Trinajstić information content (AvgIpc) is 3.11. The molecule has 0 saturated heterocycles. The molecule has 4 rings (SSSR count). The highest BCUT2D eigenvalue weighted by Gasteiger charge is 2.30. The lowest BCUT2D eigenvalue weighted by atomic mass is 9.86. The molecule has 7 heteroatoms. The number of anilines is 1. The van der Waals surface area contributed by atoms with E-state index in [9.17, 15) is 9.90 Å². The van der Waals surface area contributed by atoms with Gasteiger partial charge in [0.15, 0.2) is 5.78 Å². The van der Waals surface area contributed by atoms with Crippen LogP contribution < -0.4 is 5.32 Å². The lowest BCUT2D eigenvalue weighted by Gasteiger charge is -2.20. The highest BCUT2D eigenvalue weighted by molar-refractivity contribution is 6.27. The maximum atomic E-state index is 13.4. The molecular weight excluding hydrogens is 400 g/mol. The molecule has 0 fully saturated rings. The second-order valence-corrected chi connectivity index (χ2v) is 7.36. The van der Waals surface area contributed by atoms with Crippen LogP contribution in [0, 0.1) is 0 Å². The first kappa shape index (κ1) is 22.3. The average molecular weight is 429 g/mol. The number of fused-ring (bicyclic) bond motifs is 2. The molecule has 30 heavy (non-hydrogen) atoms. The summed E-state index contributed by atoms with van der Waals surface area (Å²) in [4.78, 5) is 15.8. The van der Waals surface area contributed by atoms with Crippen LogP contribution in [-0.2, 0) is 6.54 Å². The van der Waals surface area contributed by atoms with Crippen molar-refractivity contribution in [3.63, 3.8) is 0 Å². The molecular formula is C23H29ClN4O2. The molecule has 1 aliphatic carbocycles. The Balaban J connectivity index is 0.00000256. The Morgan fingerprint density at radius 3 is 2.53 bits per heavy atom. The Morgan fingerprint density at radius 1 is 1.10 bits per heavy atom. The number of aromatic nitrogens is 2. The lowest BCUT2D eigenvalue weighted by Crippen LogP contribution is -2.25. The molecule has 0 radical (unpaired) electrons. The van der Waals surface area contributed by atoms with Gasteiger partial charge < -0.3 is 15.3 Å². The van der Waals surface area contributed by atoms with E-state index in [-0.39, 0.29) is 24.8 Å². The zero-order chi connectivity index (χ0) is 20.4. The van der Waals surface area contributed by atoms with Gasteiger partial charge in [-0.3, -0.25) is 9.48 Å². The van der Waals surface area contributed by atoms with Crippen molar-refractivity contribution in [3.05, 3.63) is 47.5 Å². The van der Waals surface area contributed by atoms with Crippen LogP contribution in [0.2, 0.25) is 0 Å². The number of aliphatic hydroxyl groups excluding tert-OH is 1. The first-order chi connectivity index (χ1) is 14.2. The van der Waals surface area contributed by atoms with E-state index in [0.717, 1.165) is 60.4 Å². The van der Waals surface area contributed by atoms with Gasteiger partial charge in [-0.05, 0) is 38.2 Å². The van der Waals surface area contributed by atoms with Crippen LogP contribution in [0.25, 0.3) is 22.2 Å². The van der Waals surface area contributed by atoms with Crippen molar-refractivity contribution in [1.82, 2.24) is 14.7 Å². The highest BCUT2D eigenvalue weighted by Crippen LogP contribution is 2.41. The standard InChI is InChI=1S/C23H28N4O2.ClH/c1-3-26(4-2)13-7-12-24-18-10-11-19-21-20(18)23(29)17-9-6-5-8-16(17)22(21)25-27(19)14-15-28;/h5-6,8-11,24,28H,3-4,7,12-15H2,1-2H3;1H. The van der Waals surface area contributed by atoms with Gasteiger partial charge in [0.05, 0.1) is 24.2 Å². The molecule has 6 nitrogen and oxygen atoms in total. The molecule has 3 aromatic rings. The van der Waals surface area contributed by atoms with E-state index in [1.54, 1.807) is 4.68 Å². The molecule has 0 aliphatic heterocycles. The van der Waals surface area contributed by atoms with E-state index in [0.29, 0.717) is 17.7 Å². The number of halogens is 1. The SMILES string of the molecule is CCN(CC)CCCNc1ccc2c3c(nn2CCO)-c2ccccc2C(=O)c13.Cl. The monoisotopic (exact) mass is 428 g/mol. The quantitative estimate of drug-likeness (QED) is 0.397. The molecule has 0 atom stereocenters. The molecule has 2 N–H and O–H groups in total. The predicted molar refractivity (Wildman–Crippen MR) is 124 cm³/mol. The van der Waals surface area contributed by atoms with Gasteiger partial charge in [0.25, 0.3) is 0 Å². The van der Waals surface area contributed by atoms with Crippen molar-refractivity contribution in [3.8, 4) is 11.3 Å². The normalized spacial score (nSPS) is 12.2. The molecule has 0 amide bonds.